The Bertz CT molecular complexity index is 199. The highest BCUT2D eigenvalue weighted by molar-refractivity contribution is 4.78. The highest BCUT2D eigenvalue weighted by Crippen LogP contribution is 2.33. The van der Waals surface area contributed by atoms with E-state index >= 15 is 0 Å². The van der Waals surface area contributed by atoms with E-state index in [4.69, 9.17) is 4.74 Å². The van der Waals surface area contributed by atoms with Gasteiger partial charge in [0, 0.05) is 0 Å². The van der Waals surface area contributed by atoms with Gasteiger partial charge < -0.3 is 9.84 Å². The topological polar surface area (TPSA) is 29.5 Å². The minimum Gasteiger partial charge on any atom is -0.393 e. The zero-order chi connectivity index (χ0) is 11.5. The van der Waals surface area contributed by atoms with Gasteiger partial charge in [-0.3, -0.25) is 0 Å². The third kappa shape index (κ3) is 3.46. The van der Waals surface area contributed by atoms with Crippen LogP contribution < -0.4 is 0 Å². The molecule has 94 valence electrons. The molecule has 2 rings (SSSR count). The van der Waals surface area contributed by atoms with Gasteiger partial charge in [-0.15, -0.1) is 0 Å². The molecule has 2 unspecified atom stereocenters. The number of aliphatic hydroxyl groups is 1. The predicted molar refractivity (Wildman–Crippen MR) is 65.3 cm³/mol. The number of aliphatic hydroxyl groups excluding tert-OH is 1. The second kappa shape index (κ2) is 5.50. The van der Waals surface area contributed by atoms with Crippen molar-refractivity contribution in [2.75, 3.05) is 0 Å². The van der Waals surface area contributed by atoms with E-state index in [-0.39, 0.29) is 6.10 Å². The Morgan fingerprint density at radius 2 is 1.38 bits per heavy atom. The predicted octanol–water partition coefficient (Wildman–Crippen LogP) is 3.13. The first-order valence-electron chi connectivity index (χ1n) is 6.97. The average Bonchev–Trinajstić information content (AvgIpc) is 2.20. The summed E-state index contributed by atoms with van der Waals surface area (Å²) in [6.07, 6.45) is 8.66. The van der Waals surface area contributed by atoms with Crippen molar-refractivity contribution in [3.63, 3.8) is 0 Å². The van der Waals surface area contributed by atoms with E-state index in [1.54, 1.807) is 0 Å². The third-order valence-corrected chi connectivity index (χ3v) is 4.16. The Labute approximate surface area is 99.4 Å². The molecule has 0 aromatic carbocycles. The standard InChI is InChI=1S/C14H26O2/c1-10-7-11(2)9-14(8-10)16-13-5-3-12(15)4-6-13/h10-15H,3-9H2,1-2H3. The lowest BCUT2D eigenvalue weighted by Crippen LogP contribution is -2.33. The summed E-state index contributed by atoms with van der Waals surface area (Å²) in [5, 5.41) is 9.46. The van der Waals surface area contributed by atoms with Crippen molar-refractivity contribution in [1.29, 1.82) is 0 Å². The van der Waals surface area contributed by atoms with Crippen molar-refractivity contribution >= 4 is 0 Å². The van der Waals surface area contributed by atoms with Crippen molar-refractivity contribution in [3.8, 4) is 0 Å². The van der Waals surface area contributed by atoms with Gasteiger partial charge in [-0.05, 0) is 56.8 Å². The second-order valence-corrected chi connectivity index (χ2v) is 6.11. The molecule has 0 aromatic rings. The first-order valence-corrected chi connectivity index (χ1v) is 6.97. The van der Waals surface area contributed by atoms with Crippen LogP contribution in [0.5, 0.6) is 0 Å². The van der Waals surface area contributed by atoms with Crippen LogP contribution in [0.1, 0.15) is 58.8 Å². The van der Waals surface area contributed by atoms with Crippen molar-refractivity contribution in [3.05, 3.63) is 0 Å². The van der Waals surface area contributed by atoms with E-state index in [0.29, 0.717) is 12.2 Å². The summed E-state index contributed by atoms with van der Waals surface area (Å²) < 4.78 is 6.21. The summed E-state index contributed by atoms with van der Waals surface area (Å²) in [5.41, 5.74) is 0. The fourth-order valence-corrected chi connectivity index (χ4v) is 3.44. The zero-order valence-corrected chi connectivity index (χ0v) is 10.7. The van der Waals surface area contributed by atoms with E-state index in [1.165, 1.54) is 19.3 Å². The van der Waals surface area contributed by atoms with Crippen LogP contribution >= 0.6 is 0 Å². The van der Waals surface area contributed by atoms with Crippen LogP contribution in [0.3, 0.4) is 0 Å². The van der Waals surface area contributed by atoms with Crippen LogP contribution in [0.4, 0.5) is 0 Å². The number of hydrogen-bond acceptors (Lipinski definition) is 2. The smallest absolute Gasteiger partial charge is 0.0584 e. The average molecular weight is 226 g/mol. The third-order valence-electron chi connectivity index (χ3n) is 4.16. The molecule has 0 spiro atoms. The second-order valence-electron chi connectivity index (χ2n) is 6.11. The normalized spacial score (nSPS) is 45.6. The maximum atomic E-state index is 9.46. The highest BCUT2D eigenvalue weighted by atomic mass is 16.5. The molecule has 0 aliphatic heterocycles. The Kier molecular flexibility index (Phi) is 4.26. The van der Waals surface area contributed by atoms with Crippen molar-refractivity contribution in [2.24, 2.45) is 11.8 Å². The van der Waals surface area contributed by atoms with E-state index in [9.17, 15) is 5.11 Å². The summed E-state index contributed by atoms with van der Waals surface area (Å²) >= 11 is 0. The lowest BCUT2D eigenvalue weighted by molar-refractivity contribution is -0.0740. The quantitative estimate of drug-likeness (QED) is 0.784. The van der Waals surface area contributed by atoms with Gasteiger partial charge in [-0.1, -0.05) is 13.8 Å². The minimum absolute atomic E-state index is 0.0657. The maximum Gasteiger partial charge on any atom is 0.0584 e. The first kappa shape index (κ1) is 12.4. The lowest BCUT2D eigenvalue weighted by atomic mass is 9.81. The van der Waals surface area contributed by atoms with E-state index in [0.717, 1.165) is 37.5 Å². The molecule has 2 fully saturated rings. The molecule has 2 heteroatoms. The SMILES string of the molecule is CC1CC(C)CC(OC2CCC(O)CC2)C1. The molecule has 2 aliphatic carbocycles. The summed E-state index contributed by atoms with van der Waals surface area (Å²) in [5.74, 6) is 1.64. The van der Waals surface area contributed by atoms with Gasteiger partial charge in [0.25, 0.3) is 0 Å². The van der Waals surface area contributed by atoms with Crippen LogP contribution in [-0.4, -0.2) is 23.4 Å². The summed E-state index contributed by atoms with van der Waals surface area (Å²) in [6.45, 7) is 4.69. The van der Waals surface area contributed by atoms with Crippen molar-refractivity contribution < 1.29 is 9.84 Å². The maximum absolute atomic E-state index is 9.46. The van der Waals surface area contributed by atoms with Gasteiger partial charge in [0.15, 0.2) is 0 Å². The molecule has 0 saturated heterocycles. The van der Waals surface area contributed by atoms with Crippen molar-refractivity contribution in [1.82, 2.24) is 0 Å². The molecule has 2 saturated carbocycles. The van der Waals surface area contributed by atoms with Crippen LogP contribution in [-0.2, 0) is 4.74 Å². The number of hydrogen-bond donors (Lipinski definition) is 1. The highest BCUT2D eigenvalue weighted by Gasteiger charge is 2.28. The number of rotatable bonds is 2. The Morgan fingerprint density at radius 1 is 0.812 bits per heavy atom. The zero-order valence-electron chi connectivity index (χ0n) is 10.7. The molecule has 0 aromatic heterocycles. The molecule has 0 radical (unpaired) electrons. The van der Waals surface area contributed by atoms with Crippen LogP contribution in [0.15, 0.2) is 0 Å². The Morgan fingerprint density at radius 3 is 1.94 bits per heavy atom. The number of ether oxygens (including phenoxy) is 1. The Hall–Kier alpha value is -0.0800. The lowest BCUT2D eigenvalue weighted by Gasteiger charge is -2.35. The van der Waals surface area contributed by atoms with E-state index < -0.39 is 0 Å². The molecular formula is C14H26O2. The summed E-state index contributed by atoms with van der Waals surface area (Å²) in [4.78, 5) is 0. The fraction of sp³-hybridized carbons (Fsp3) is 1.00. The molecule has 2 nitrogen and oxygen atoms in total. The van der Waals surface area contributed by atoms with Gasteiger partial charge >= 0.3 is 0 Å². The largest absolute Gasteiger partial charge is 0.393 e. The van der Waals surface area contributed by atoms with Gasteiger partial charge in [-0.2, -0.15) is 0 Å². The Balaban J connectivity index is 1.76. The van der Waals surface area contributed by atoms with Gasteiger partial charge in [0.1, 0.15) is 0 Å². The molecular weight excluding hydrogens is 200 g/mol. The van der Waals surface area contributed by atoms with E-state index in [1.807, 2.05) is 0 Å². The monoisotopic (exact) mass is 226 g/mol. The van der Waals surface area contributed by atoms with Crippen molar-refractivity contribution in [2.45, 2.75) is 77.1 Å². The van der Waals surface area contributed by atoms with Gasteiger partial charge in [-0.25, -0.2) is 0 Å². The molecule has 0 heterocycles. The molecule has 0 amide bonds. The van der Waals surface area contributed by atoms with Crippen LogP contribution in [0.2, 0.25) is 0 Å². The first-order chi connectivity index (χ1) is 7.63. The van der Waals surface area contributed by atoms with Crippen LogP contribution in [0.25, 0.3) is 0 Å². The fourth-order valence-electron chi connectivity index (χ4n) is 3.44. The molecule has 16 heavy (non-hydrogen) atoms. The molecule has 0 bridgehead atoms. The van der Waals surface area contributed by atoms with Crippen LogP contribution in [0, 0.1) is 11.8 Å². The van der Waals surface area contributed by atoms with Gasteiger partial charge in [0.05, 0.1) is 18.3 Å². The summed E-state index contributed by atoms with van der Waals surface area (Å²) in [6, 6.07) is 0. The van der Waals surface area contributed by atoms with E-state index in [2.05, 4.69) is 13.8 Å². The molecule has 2 aliphatic rings. The molecule has 1 N–H and O–H groups in total. The summed E-state index contributed by atoms with van der Waals surface area (Å²) in [7, 11) is 0. The van der Waals surface area contributed by atoms with Gasteiger partial charge in [0.2, 0.25) is 0 Å². The minimum atomic E-state index is -0.0657. The molecule has 2 atom stereocenters.